The molecule has 0 radical (unpaired) electrons. The van der Waals surface area contributed by atoms with Gasteiger partial charge in [0.2, 0.25) is 0 Å². The highest BCUT2D eigenvalue weighted by Gasteiger charge is 2.09. The van der Waals surface area contributed by atoms with Crippen molar-refractivity contribution in [3.63, 3.8) is 0 Å². The monoisotopic (exact) mass is 352 g/mol. The Morgan fingerprint density at radius 3 is 2.22 bits per heavy atom. The molecule has 5 aromatic rings. The maximum Gasteiger partial charge on any atom is 0.125 e. The van der Waals surface area contributed by atoms with Gasteiger partial charge in [0.25, 0.3) is 0 Å². The molecule has 0 saturated carbocycles. The van der Waals surface area contributed by atoms with E-state index in [-0.39, 0.29) is 5.82 Å². The highest BCUT2D eigenvalue weighted by Crippen LogP contribution is 2.37. The Balaban J connectivity index is 1.70. The summed E-state index contributed by atoms with van der Waals surface area (Å²) in [5, 5.41) is 10.2. The number of nitrogens with one attached hydrogen (secondary N) is 1. The lowest BCUT2D eigenvalue weighted by molar-refractivity contribution is 0.628. The summed E-state index contributed by atoms with van der Waals surface area (Å²) in [4.78, 5) is 0. The summed E-state index contributed by atoms with van der Waals surface area (Å²) >= 11 is 0. The van der Waals surface area contributed by atoms with Crippen LogP contribution in [-0.2, 0) is 0 Å². The Morgan fingerprint density at radius 2 is 1.33 bits per heavy atom. The Bertz CT molecular complexity index is 1320. The van der Waals surface area contributed by atoms with E-state index in [1.807, 2.05) is 12.1 Å². The van der Waals surface area contributed by atoms with Crippen molar-refractivity contribution >= 4 is 49.4 Å². The number of halogens is 1. The maximum absolute atomic E-state index is 13.5. The molecule has 130 valence electrons. The number of nitrogen functional groups attached to an aromatic ring is 1. The van der Waals surface area contributed by atoms with Gasteiger partial charge in [-0.1, -0.05) is 60.7 Å². The van der Waals surface area contributed by atoms with Gasteiger partial charge in [-0.25, -0.2) is 4.39 Å². The average Bonchev–Trinajstić information content (AvgIpc) is 2.69. The Kier molecular flexibility index (Phi) is 3.47. The fourth-order valence-electron chi connectivity index (χ4n) is 3.76. The van der Waals surface area contributed by atoms with Gasteiger partial charge >= 0.3 is 0 Å². The van der Waals surface area contributed by atoms with E-state index in [4.69, 9.17) is 5.73 Å². The molecule has 3 N–H and O–H groups in total. The maximum atomic E-state index is 13.5. The molecule has 0 spiro atoms. The first kappa shape index (κ1) is 15.6. The number of hydrogen-bond acceptors (Lipinski definition) is 2. The van der Waals surface area contributed by atoms with Gasteiger partial charge in [0, 0.05) is 11.1 Å². The van der Waals surface area contributed by atoms with Crippen molar-refractivity contribution in [2.24, 2.45) is 0 Å². The summed E-state index contributed by atoms with van der Waals surface area (Å²) in [6.07, 6.45) is 0. The van der Waals surface area contributed by atoms with E-state index in [1.165, 1.54) is 33.7 Å². The lowest BCUT2D eigenvalue weighted by Gasteiger charge is -2.14. The molecule has 0 aliphatic rings. The predicted octanol–water partition coefficient (Wildman–Crippen LogP) is 6.61. The largest absolute Gasteiger partial charge is 0.397 e. The molecule has 0 aliphatic heterocycles. The minimum Gasteiger partial charge on any atom is -0.397 e. The Morgan fingerprint density at radius 1 is 0.630 bits per heavy atom. The van der Waals surface area contributed by atoms with E-state index >= 15 is 0 Å². The van der Waals surface area contributed by atoms with Crippen LogP contribution in [0.25, 0.3) is 32.3 Å². The average molecular weight is 352 g/mol. The van der Waals surface area contributed by atoms with Crippen molar-refractivity contribution < 1.29 is 4.39 Å². The van der Waals surface area contributed by atoms with Crippen LogP contribution in [0.1, 0.15) is 0 Å². The molecule has 0 amide bonds. The molecular formula is C24H17FN2. The number of rotatable bonds is 2. The smallest absolute Gasteiger partial charge is 0.125 e. The minimum absolute atomic E-state index is 0.280. The third-order valence-corrected chi connectivity index (χ3v) is 5.07. The molecule has 5 aromatic carbocycles. The van der Waals surface area contributed by atoms with E-state index in [0.717, 1.165) is 16.5 Å². The second-order valence-corrected chi connectivity index (χ2v) is 6.70. The van der Waals surface area contributed by atoms with Crippen LogP contribution in [0.2, 0.25) is 0 Å². The zero-order chi connectivity index (χ0) is 18.4. The molecule has 5 rings (SSSR count). The summed E-state index contributed by atoms with van der Waals surface area (Å²) in [7, 11) is 0. The van der Waals surface area contributed by atoms with Gasteiger partial charge in [0.1, 0.15) is 5.82 Å². The van der Waals surface area contributed by atoms with Gasteiger partial charge in [-0.2, -0.15) is 0 Å². The summed E-state index contributed by atoms with van der Waals surface area (Å²) < 4.78 is 13.5. The number of benzene rings is 5. The van der Waals surface area contributed by atoms with E-state index in [1.54, 1.807) is 6.07 Å². The quantitative estimate of drug-likeness (QED) is 0.277. The van der Waals surface area contributed by atoms with Crippen LogP contribution < -0.4 is 11.1 Å². The summed E-state index contributed by atoms with van der Waals surface area (Å²) in [5.74, 6) is -0.280. The zero-order valence-corrected chi connectivity index (χ0v) is 14.5. The zero-order valence-electron chi connectivity index (χ0n) is 14.5. The van der Waals surface area contributed by atoms with Gasteiger partial charge < -0.3 is 11.1 Å². The first-order valence-electron chi connectivity index (χ1n) is 8.86. The lowest BCUT2D eigenvalue weighted by Crippen LogP contribution is -1.97. The Hall–Kier alpha value is -3.59. The first-order chi connectivity index (χ1) is 13.2. The van der Waals surface area contributed by atoms with E-state index < -0.39 is 0 Å². The van der Waals surface area contributed by atoms with Crippen molar-refractivity contribution in [1.29, 1.82) is 0 Å². The highest BCUT2D eigenvalue weighted by molar-refractivity contribution is 6.19. The van der Waals surface area contributed by atoms with Gasteiger partial charge in [-0.3, -0.25) is 0 Å². The lowest BCUT2D eigenvalue weighted by atomic mass is 9.96. The molecule has 0 aromatic heterocycles. The van der Waals surface area contributed by atoms with Crippen LogP contribution in [-0.4, -0.2) is 0 Å². The van der Waals surface area contributed by atoms with Crippen LogP contribution in [0.5, 0.6) is 0 Å². The van der Waals surface area contributed by atoms with Gasteiger partial charge in [0.15, 0.2) is 0 Å². The molecule has 3 heteroatoms. The van der Waals surface area contributed by atoms with Crippen molar-refractivity contribution in [1.82, 2.24) is 0 Å². The minimum atomic E-state index is -0.280. The molecule has 0 atom stereocenters. The molecule has 0 saturated heterocycles. The molecule has 0 fully saturated rings. The first-order valence-corrected chi connectivity index (χ1v) is 8.86. The predicted molar refractivity (Wildman–Crippen MR) is 113 cm³/mol. The summed E-state index contributed by atoms with van der Waals surface area (Å²) in [5.41, 5.74) is 8.56. The van der Waals surface area contributed by atoms with Gasteiger partial charge in [-0.15, -0.1) is 0 Å². The number of anilines is 3. The van der Waals surface area contributed by atoms with E-state index in [2.05, 4.69) is 59.9 Å². The summed E-state index contributed by atoms with van der Waals surface area (Å²) in [6, 6.07) is 27.3. The topological polar surface area (TPSA) is 38.0 Å². The van der Waals surface area contributed by atoms with Crippen molar-refractivity contribution in [3.8, 4) is 0 Å². The van der Waals surface area contributed by atoms with E-state index in [9.17, 15) is 4.39 Å². The number of hydrogen-bond donors (Lipinski definition) is 2. The third kappa shape index (κ3) is 2.56. The molecule has 2 nitrogen and oxygen atoms in total. The number of nitrogens with two attached hydrogens (primary N) is 1. The molecule has 0 bridgehead atoms. The van der Waals surface area contributed by atoms with Gasteiger partial charge in [-0.05, 0) is 51.2 Å². The second kappa shape index (κ2) is 5.99. The molecule has 0 aliphatic carbocycles. The van der Waals surface area contributed by atoms with Crippen molar-refractivity contribution in [2.45, 2.75) is 0 Å². The van der Waals surface area contributed by atoms with Gasteiger partial charge in [0.05, 0.1) is 11.4 Å². The van der Waals surface area contributed by atoms with Crippen LogP contribution in [0, 0.1) is 5.82 Å². The van der Waals surface area contributed by atoms with Crippen LogP contribution in [0.3, 0.4) is 0 Å². The normalized spacial score (nSPS) is 11.3. The second-order valence-electron chi connectivity index (χ2n) is 6.70. The fourth-order valence-corrected chi connectivity index (χ4v) is 3.76. The van der Waals surface area contributed by atoms with Crippen LogP contribution >= 0.6 is 0 Å². The fraction of sp³-hybridized carbons (Fsp3) is 0. The Labute approximate surface area is 156 Å². The highest BCUT2D eigenvalue weighted by atomic mass is 19.1. The number of fused-ring (bicyclic) bond motifs is 5. The molecule has 27 heavy (non-hydrogen) atoms. The summed E-state index contributed by atoms with van der Waals surface area (Å²) in [6.45, 7) is 0. The third-order valence-electron chi connectivity index (χ3n) is 5.07. The SMILES string of the molecule is Nc1c(Nc2cccc(F)c2)ccc2c1ccc1c3ccccc3ccc21. The van der Waals surface area contributed by atoms with Crippen LogP contribution in [0.15, 0.2) is 84.9 Å². The molecule has 0 unspecified atom stereocenters. The van der Waals surface area contributed by atoms with E-state index in [0.29, 0.717) is 11.4 Å². The standard InChI is InChI=1S/C24H17FN2/c25-16-5-3-6-17(14-16)27-23-13-12-21-20-9-8-15-4-1-2-7-18(15)19(20)10-11-22(21)24(23)26/h1-14,27H,26H2. The van der Waals surface area contributed by atoms with Crippen molar-refractivity contribution in [3.05, 3.63) is 90.7 Å². The van der Waals surface area contributed by atoms with Crippen LogP contribution in [0.4, 0.5) is 21.5 Å². The molecular weight excluding hydrogens is 335 g/mol. The molecule has 0 heterocycles. The van der Waals surface area contributed by atoms with Crippen molar-refractivity contribution in [2.75, 3.05) is 11.1 Å².